The first-order valence-electron chi connectivity index (χ1n) is 7.57. The largest absolute Gasteiger partial charge is 0.302 e. The lowest BCUT2D eigenvalue weighted by molar-refractivity contribution is 0.687. The Balaban J connectivity index is 1.76. The molecule has 0 unspecified atom stereocenters. The molecule has 0 fully saturated rings. The summed E-state index contributed by atoms with van der Waals surface area (Å²) in [5.41, 5.74) is 1.00. The van der Waals surface area contributed by atoms with E-state index in [9.17, 15) is 0 Å². The van der Waals surface area contributed by atoms with Crippen molar-refractivity contribution in [1.29, 1.82) is 0 Å². The fraction of sp³-hybridized carbons (Fsp3) is 0.118. The highest BCUT2D eigenvalue weighted by Crippen LogP contribution is 2.32. The standard InChI is InChI=1S/C17H14N6S/c1-2-23-15(12-3-7-18-8-4-12)21-22-17(23)24-16-14-6-9-19-11-13(14)5-10-20-16/h3-11H,2H2,1H3. The maximum absolute atomic E-state index is 4.50. The molecule has 0 aliphatic rings. The van der Waals surface area contributed by atoms with Crippen molar-refractivity contribution in [2.45, 2.75) is 23.7 Å². The van der Waals surface area contributed by atoms with E-state index in [0.717, 1.165) is 38.9 Å². The van der Waals surface area contributed by atoms with E-state index < -0.39 is 0 Å². The van der Waals surface area contributed by atoms with Crippen LogP contribution in [-0.2, 0) is 6.54 Å². The van der Waals surface area contributed by atoms with Crippen LogP contribution >= 0.6 is 11.8 Å². The van der Waals surface area contributed by atoms with Crippen molar-refractivity contribution in [3.63, 3.8) is 0 Å². The highest BCUT2D eigenvalue weighted by molar-refractivity contribution is 7.99. The average molecular weight is 334 g/mol. The first kappa shape index (κ1) is 14.8. The maximum atomic E-state index is 4.50. The van der Waals surface area contributed by atoms with Gasteiger partial charge in [0.05, 0.1) is 0 Å². The zero-order valence-electron chi connectivity index (χ0n) is 13.0. The summed E-state index contributed by atoms with van der Waals surface area (Å²) in [6.07, 6.45) is 8.93. The molecule has 0 N–H and O–H groups in total. The van der Waals surface area contributed by atoms with Gasteiger partial charge in [0.1, 0.15) is 5.03 Å². The monoisotopic (exact) mass is 334 g/mol. The molecule has 4 aromatic rings. The van der Waals surface area contributed by atoms with Crippen molar-refractivity contribution in [2.24, 2.45) is 0 Å². The molecule has 0 aliphatic carbocycles. The lowest BCUT2D eigenvalue weighted by Gasteiger charge is -2.08. The van der Waals surface area contributed by atoms with Gasteiger partial charge in [-0.1, -0.05) is 0 Å². The predicted molar refractivity (Wildman–Crippen MR) is 92.6 cm³/mol. The Labute approximate surface area is 143 Å². The van der Waals surface area contributed by atoms with Crippen LogP contribution < -0.4 is 0 Å². The second-order valence-corrected chi connectivity index (χ2v) is 6.06. The van der Waals surface area contributed by atoms with E-state index >= 15 is 0 Å². The molecule has 4 rings (SSSR count). The molecule has 0 aromatic carbocycles. The number of fused-ring (bicyclic) bond motifs is 1. The summed E-state index contributed by atoms with van der Waals surface area (Å²) >= 11 is 1.52. The van der Waals surface area contributed by atoms with Gasteiger partial charge >= 0.3 is 0 Å². The molecule has 6 nitrogen and oxygen atoms in total. The summed E-state index contributed by atoms with van der Waals surface area (Å²) < 4.78 is 2.09. The Bertz CT molecular complexity index is 977. The number of nitrogens with zero attached hydrogens (tertiary/aromatic N) is 6. The van der Waals surface area contributed by atoms with Gasteiger partial charge in [-0.2, -0.15) is 0 Å². The van der Waals surface area contributed by atoms with Gasteiger partial charge in [0.15, 0.2) is 11.0 Å². The average Bonchev–Trinajstić information content (AvgIpc) is 3.05. The molecule has 0 saturated heterocycles. The summed E-state index contributed by atoms with van der Waals surface area (Å²) in [5, 5.41) is 12.6. The number of pyridine rings is 3. The minimum atomic E-state index is 0.777. The third kappa shape index (κ3) is 2.63. The summed E-state index contributed by atoms with van der Waals surface area (Å²) in [6.45, 7) is 2.86. The van der Waals surface area contributed by atoms with Crippen molar-refractivity contribution in [3.05, 3.63) is 55.2 Å². The lowest BCUT2D eigenvalue weighted by atomic mass is 10.2. The van der Waals surface area contributed by atoms with E-state index in [1.54, 1.807) is 24.8 Å². The van der Waals surface area contributed by atoms with Crippen LogP contribution in [0.1, 0.15) is 6.92 Å². The molecular formula is C17H14N6S. The fourth-order valence-corrected chi connectivity index (χ4v) is 3.51. The molecule has 0 spiro atoms. The Morgan fingerprint density at radius 2 is 1.79 bits per heavy atom. The zero-order valence-corrected chi connectivity index (χ0v) is 13.8. The molecular weight excluding hydrogens is 320 g/mol. The molecule has 0 atom stereocenters. The van der Waals surface area contributed by atoms with Crippen molar-refractivity contribution in [3.8, 4) is 11.4 Å². The SMILES string of the molecule is CCn1c(Sc2nccc3cnccc23)nnc1-c1ccncc1. The highest BCUT2D eigenvalue weighted by atomic mass is 32.2. The number of hydrogen-bond donors (Lipinski definition) is 0. The molecule has 0 saturated carbocycles. The normalized spacial score (nSPS) is 11.0. The van der Waals surface area contributed by atoms with Crippen LogP contribution in [-0.4, -0.2) is 29.7 Å². The summed E-state index contributed by atoms with van der Waals surface area (Å²) in [6, 6.07) is 7.80. The van der Waals surface area contributed by atoms with Crippen molar-refractivity contribution >= 4 is 22.5 Å². The summed E-state index contributed by atoms with van der Waals surface area (Å²) in [4.78, 5) is 12.7. The fourth-order valence-electron chi connectivity index (χ4n) is 2.52. The summed E-state index contributed by atoms with van der Waals surface area (Å²) in [7, 11) is 0. The van der Waals surface area contributed by atoms with Gasteiger partial charge in [0, 0.05) is 53.9 Å². The molecule has 4 aromatic heterocycles. The van der Waals surface area contributed by atoms with E-state index in [1.807, 2.05) is 30.5 Å². The van der Waals surface area contributed by atoms with Gasteiger partial charge in [-0.3, -0.25) is 9.97 Å². The van der Waals surface area contributed by atoms with E-state index in [-0.39, 0.29) is 0 Å². The van der Waals surface area contributed by atoms with Gasteiger partial charge in [-0.15, -0.1) is 10.2 Å². The number of aromatic nitrogens is 6. The predicted octanol–water partition coefficient (Wildman–Crippen LogP) is 3.45. The van der Waals surface area contributed by atoms with Crippen LogP contribution in [0.2, 0.25) is 0 Å². The third-order valence-corrected chi connectivity index (χ3v) is 4.69. The van der Waals surface area contributed by atoms with Crippen molar-refractivity contribution < 1.29 is 0 Å². The molecule has 0 aliphatic heterocycles. The van der Waals surface area contributed by atoms with E-state index in [4.69, 9.17) is 0 Å². The third-order valence-electron chi connectivity index (χ3n) is 3.69. The zero-order chi connectivity index (χ0) is 16.4. The van der Waals surface area contributed by atoms with Crippen LogP contribution in [0.25, 0.3) is 22.2 Å². The van der Waals surface area contributed by atoms with Crippen LogP contribution in [0.15, 0.2) is 65.4 Å². The molecule has 0 bridgehead atoms. The van der Waals surface area contributed by atoms with E-state index in [1.165, 1.54) is 11.8 Å². The second-order valence-electron chi connectivity index (χ2n) is 5.10. The first-order valence-corrected chi connectivity index (χ1v) is 8.38. The van der Waals surface area contributed by atoms with Crippen molar-refractivity contribution in [2.75, 3.05) is 0 Å². The summed E-state index contributed by atoms with van der Waals surface area (Å²) in [5.74, 6) is 0.837. The molecule has 118 valence electrons. The van der Waals surface area contributed by atoms with E-state index in [0.29, 0.717) is 0 Å². The molecule has 24 heavy (non-hydrogen) atoms. The molecule has 0 amide bonds. The van der Waals surface area contributed by atoms with E-state index in [2.05, 4.69) is 36.6 Å². The Hall–Kier alpha value is -2.80. The molecule has 0 radical (unpaired) electrons. The van der Waals surface area contributed by atoms with Crippen LogP contribution in [0, 0.1) is 0 Å². The Morgan fingerprint density at radius 3 is 2.62 bits per heavy atom. The highest BCUT2D eigenvalue weighted by Gasteiger charge is 2.15. The van der Waals surface area contributed by atoms with Crippen LogP contribution in [0.4, 0.5) is 0 Å². The van der Waals surface area contributed by atoms with Gasteiger partial charge in [-0.25, -0.2) is 4.98 Å². The van der Waals surface area contributed by atoms with Crippen molar-refractivity contribution in [1.82, 2.24) is 29.7 Å². The van der Waals surface area contributed by atoms with Gasteiger partial charge < -0.3 is 4.57 Å². The maximum Gasteiger partial charge on any atom is 0.197 e. The van der Waals surface area contributed by atoms with Gasteiger partial charge in [-0.05, 0) is 43.0 Å². The smallest absolute Gasteiger partial charge is 0.197 e. The Kier molecular flexibility index (Phi) is 3.92. The second kappa shape index (κ2) is 6.37. The van der Waals surface area contributed by atoms with Crippen LogP contribution in [0.3, 0.4) is 0 Å². The molecule has 4 heterocycles. The molecule has 7 heteroatoms. The topological polar surface area (TPSA) is 69.4 Å². The Morgan fingerprint density at radius 1 is 0.958 bits per heavy atom. The number of rotatable bonds is 4. The number of hydrogen-bond acceptors (Lipinski definition) is 6. The minimum absolute atomic E-state index is 0.777. The first-order chi connectivity index (χ1) is 11.9. The van der Waals surface area contributed by atoms with Crippen LogP contribution in [0.5, 0.6) is 0 Å². The quantitative estimate of drug-likeness (QED) is 0.569. The van der Waals surface area contributed by atoms with Gasteiger partial charge in [0.25, 0.3) is 0 Å². The minimum Gasteiger partial charge on any atom is -0.302 e. The lowest BCUT2D eigenvalue weighted by Crippen LogP contribution is -2.00. The van der Waals surface area contributed by atoms with Gasteiger partial charge in [0.2, 0.25) is 0 Å².